The topological polar surface area (TPSA) is 59.8 Å². The zero-order valence-electron chi connectivity index (χ0n) is 12.3. The minimum atomic E-state index is -0.389. The Kier molecular flexibility index (Phi) is 4.58. The van der Waals surface area contributed by atoms with Crippen molar-refractivity contribution in [3.05, 3.63) is 27.4 Å². The van der Waals surface area contributed by atoms with Gasteiger partial charge in [0.05, 0.1) is 18.1 Å². The molecule has 5 nitrogen and oxygen atoms in total. The number of carbonyl (C=O) groups is 2. The first kappa shape index (κ1) is 15.9. The molecule has 2 rings (SSSR count). The van der Waals surface area contributed by atoms with Gasteiger partial charge in [-0.15, -0.1) is 11.3 Å². The first-order chi connectivity index (χ1) is 9.86. The predicted octanol–water partition coefficient (Wildman–Crippen LogP) is 2.82. The number of ether oxygens (including phenoxy) is 1. The summed E-state index contributed by atoms with van der Waals surface area (Å²) >= 11 is 7.71. The van der Waals surface area contributed by atoms with E-state index in [0.717, 1.165) is 5.69 Å². The van der Waals surface area contributed by atoms with Gasteiger partial charge in [0, 0.05) is 23.7 Å². The average molecular weight is 329 g/mol. The zero-order chi connectivity index (χ0) is 15.7. The van der Waals surface area contributed by atoms with E-state index in [2.05, 4.69) is 5.32 Å². The standard InChI is InChI=1S/C14H17ClN2O3S/c1-7(2)20-14(19)11-8(3)12(15)17-9(5-10(18)16-4)6-21-13(11)17/h6-7H,5H2,1-4H3,(H,16,18). The quantitative estimate of drug-likeness (QED) is 0.878. The van der Waals surface area contributed by atoms with E-state index in [4.69, 9.17) is 16.3 Å². The van der Waals surface area contributed by atoms with Crippen LogP contribution in [0.1, 0.15) is 35.5 Å². The molecular formula is C14H17ClN2O3S. The molecule has 0 aliphatic rings. The molecule has 7 heteroatoms. The molecule has 21 heavy (non-hydrogen) atoms. The molecule has 0 atom stereocenters. The number of nitrogens with zero attached hydrogens (tertiary/aromatic N) is 1. The van der Waals surface area contributed by atoms with Crippen molar-refractivity contribution in [3.8, 4) is 0 Å². The minimum absolute atomic E-state index is 0.108. The van der Waals surface area contributed by atoms with Crippen molar-refractivity contribution in [2.75, 3.05) is 7.05 Å². The van der Waals surface area contributed by atoms with Gasteiger partial charge in [0.15, 0.2) is 0 Å². The number of fused-ring (bicyclic) bond motifs is 1. The molecule has 0 saturated carbocycles. The maximum atomic E-state index is 12.2. The third kappa shape index (κ3) is 2.91. The summed E-state index contributed by atoms with van der Waals surface area (Å²) in [5, 5.41) is 4.86. The molecule has 0 aliphatic carbocycles. The van der Waals surface area contributed by atoms with Crippen LogP contribution in [0.15, 0.2) is 5.38 Å². The van der Waals surface area contributed by atoms with Crippen molar-refractivity contribution in [3.63, 3.8) is 0 Å². The van der Waals surface area contributed by atoms with Crippen molar-refractivity contribution in [2.45, 2.75) is 33.3 Å². The number of hydrogen-bond donors (Lipinski definition) is 1. The van der Waals surface area contributed by atoms with Gasteiger partial charge in [-0.1, -0.05) is 11.6 Å². The lowest BCUT2D eigenvalue weighted by Crippen LogP contribution is -2.20. The van der Waals surface area contributed by atoms with Crippen LogP contribution in [0.4, 0.5) is 0 Å². The van der Waals surface area contributed by atoms with Crippen LogP contribution >= 0.6 is 22.9 Å². The molecule has 1 amide bonds. The molecule has 114 valence electrons. The van der Waals surface area contributed by atoms with Crippen LogP contribution in [0.5, 0.6) is 0 Å². The predicted molar refractivity (Wildman–Crippen MR) is 83.3 cm³/mol. The smallest absolute Gasteiger partial charge is 0.341 e. The van der Waals surface area contributed by atoms with E-state index in [1.54, 1.807) is 32.2 Å². The second-order valence-electron chi connectivity index (χ2n) is 4.96. The highest BCUT2D eigenvalue weighted by molar-refractivity contribution is 7.16. The van der Waals surface area contributed by atoms with E-state index >= 15 is 0 Å². The third-order valence-electron chi connectivity index (χ3n) is 3.06. The van der Waals surface area contributed by atoms with Gasteiger partial charge in [0.25, 0.3) is 0 Å². The van der Waals surface area contributed by atoms with Crippen LogP contribution in [0.2, 0.25) is 5.15 Å². The van der Waals surface area contributed by atoms with Crippen molar-refractivity contribution in [1.82, 2.24) is 9.72 Å². The zero-order valence-corrected chi connectivity index (χ0v) is 13.9. The summed E-state index contributed by atoms with van der Waals surface area (Å²) < 4.78 is 7.01. The number of rotatable bonds is 4. The van der Waals surface area contributed by atoms with Gasteiger partial charge >= 0.3 is 5.97 Å². The van der Waals surface area contributed by atoms with Crippen LogP contribution in [0, 0.1) is 6.92 Å². The highest BCUT2D eigenvalue weighted by Gasteiger charge is 2.25. The summed E-state index contributed by atoms with van der Waals surface area (Å²) in [6.07, 6.45) is 0.0131. The van der Waals surface area contributed by atoms with E-state index in [1.807, 2.05) is 5.38 Å². The summed E-state index contributed by atoms with van der Waals surface area (Å²) in [4.78, 5) is 24.5. The number of nitrogens with one attached hydrogen (secondary N) is 1. The maximum Gasteiger partial charge on any atom is 0.341 e. The molecule has 2 heterocycles. The fraction of sp³-hybridized carbons (Fsp3) is 0.429. The van der Waals surface area contributed by atoms with Crippen LogP contribution in [0.25, 0.3) is 4.83 Å². The molecule has 0 spiro atoms. The number of aromatic nitrogens is 1. The van der Waals surface area contributed by atoms with Gasteiger partial charge in [-0.25, -0.2) is 4.79 Å². The highest BCUT2D eigenvalue weighted by atomic mass is 35.5. The van der Waals surface area contributed by atoms with Crippen molar-refractivity contribution in [2.24, 2.45) is 0 Å². The number of thiazole rings is 1. The first-order valence-electron chi connectivity index (χ1n) is 6.55. The van der Waals surface area contributed by atoms with E-state index in [0.29, 0.717) is 21.1 Å². The maximum absolute atomic E-state index is 12.2. The molecule has 0 bridgehead atoms. The fourth-order valence-corrected chi connectivity index (χ4v) is 3.51. The number of halogens is 1. The molecule has 2 aromatic rings. The summed E-state index contributed by atoms with van der Waals surface area (Å²) in [5.74, 6) is -0.497. The average Bonchev–Trinajstić information content (AvgIpc) is 2.90. The van der Waals surface area contributed by atoms with Gasteiger partial charge in [-0.3, -0.25) is 9.20 Å². The Labute approximate surface area is 131 Å². The summed E-state index contributed by atoms with van der Waals surface area (Å²) in [6, 6.07) is 0. The Morgan fingerprint density at radius 2 is 2.14 bits per heavy atom. The van der Waals surface area contributed by atoms with Crippen LogP contribution in [-0.4, -0.2) is 29.4 Å². The highest BCUT2D eigenvalue weighted by Crippen LogP contribution is 2.33. The molecule has 0 radical (unpaired) electrons. The van der Waals surface area contributed by atoms with Crippen molar-refractivity contribution >= 4 is 39.6 Å². The Morgan fingerprint density at radius 1 is 1.48 bits per heavy atom. The van der Waals surface area contributed by atoms with E-state index in [9.17, 15) is 9.59 Å². The lowest BCUT2D eigenvalue weighted by molar-refractivity contribution is -0.120. The number of likely N-dealkylation sites (N-methyl/N-ethyl adjacent to an activating group) is 1. The molecule has 0 fully saturated rings. The molecular weight excluding hydrogens is 312 g/mol. The van der Waals surface area contributed by atoms with Gasteiger partial charge in [-0.05, 0) is 20.8 Å². The number of carbonyl (C=O) groups excluding carboxylic acids is 2. The minimum Gasteiger partial charge on any atom is -0.459 e. The van der Waals surface area contributed by atoms with Gasteiger partial charge < -0.3 is 10.1 Å². The van der Waals surface area contributed by atoms with Crippen molar-refractivity contribution in [1.29, 1.82) is 0 Å². The second kappa shape index (κ2) is 6.07. The molecule has 0 aliphatic heterocycles. The largest absolute Gasteiger partial charge is 0.459 e. The Bertz CT molecular complexity index is 703. The Hall–Kier alpha value is -1.53. The van der Waals surface area contributed by atoms with E-state index < -0.39 is 0 Å². The molecule has 2 aromatic heterocycles. The van der Waals surface area contributed by atoms with Crippen LogP contribution < -0.4 is 5.32 Å². The second-order valence-corrected chi connectivity index (χ2v) is 6.18. The SMILES string of the molecule is CNC(=O)Cc1csc2c(C(=O)OC(C)C)c(C)c(Cl)n12. The molecule has 1 N–H and O–H groups in total. The Balaban J connectivity index is 2.52. The molecule has 0 unspecified atom stereocenters. The third-order valence-corrected chi connectivity index (χ3v) is 4.51. The first-order valence-corrected chi connectivity index (χ1v) is 7.81. The monoisotopic (exact) mass is 328 g/mol. The van der Waals surface area contributed by atoms with Gasteiger partial charge in [0.2, 0.25) is 5.91 Å². The van der Waals surface area contributed by atoms with Crippen molar-refractivity contribution < 1.29 is 14.3 Å². The van der Waals surface area contributed by atoms with Crippen LogP contribution in [0.3, 0.4) is 0 Å². The summed E-state index contributed by atoms with van der Waals surface area (Å²) in [6.45, 7) is 5.38. The van der Waals surface area contributed by atoms with E-state index in [1.165, 1.54) is 11.3 Å². The summed E-state index contributed by atoms with van der Waals surface area (Å²) in [7, 11) is 1.58. The number of esters is 1. The van der Waals surface area contributed by atoms with E-state index in [-0.39, 0.29) is 24.4 Å². The fourth-order valence-electron chi connectivity index (χ4n) is 2.06. The Morgan fingerprint density at radius 3 is 2.71 bits per heavy atom. The number of hydrogen-bond acceptors (Lipinski definition) is 4. The van der Waals surface area contributed by atoms with Crippen LogP contribution in [-0.2, 0) is 16.0 Å². The molecule has 0 saturated heterocycles. The van der Waals surface area contributed by atoms with Gasteiger partial charge in [0.1, 0.15) is 9.98 Å². The molecule has 0 aromatic carbocycles. The lowest BCUT2D eigenvalue weighted by Gasteiger charge is -2.07. The lowest BCUT2D eigenvalue weighted by atomic mass is 10.2. The normalized spacial score (nSPS) is 11.1. The summed E-state index contributed by atoms with van der Waals surface area (Å²) in [5.41, 5.74) is 1.90. The van der Waals surface area contributed by atoms with Gasteiger partial charge in [-0.2, -0.15) is 0 Å². The number of amides is 1.